The minimum atomic E-state index is -0.964. The lowest BCUT2D eigenvalue weighted by atomic mass is 10.0. The first-order valence-electron chi connectivity index (χ1n) is 7.50. The molecule has 0 heterocycles. The number of carbonyl (C=O) groups excluding carboxylic acids is 3. The van der Waals surface area contributed by atoms with E-state index >= 15 is 0 Å². The molecule has 24 heavy (non-hydrogen) atoms. The highest BCUT2D eigenvalue weighted by molar-refractivity contribution is 7.97. The van der Waals surface area contributed by atoms with Crippen molar-refractivity contribution in [1.82, 2.24) is 14.9 Å². The van der Waals surface area contributed by atoms with Crippen LogP contribution in [0.1, 0.15) is 6.42 Å². The third-order valence-electron chi connectivity index (χ3n) is 2.97. The number of hydrogen-bond acceptors (Lipinski definition) is 10. The van der Waals surface area contributed by atoms with E-state index in [1.807, 2.05) is 14.1 Å². The monoisotopic (exact) mass is 365 g/mol. The molecule has 0 saturated carbocycles. The smallest absolute Gasteiger partial charge is 0.293 e. The van der Waals surface area contributed by atoms with Crippen LogP contribution in [0.5, 0.6) is 0 Å². The zero-order valence-corrected chi connectivity index (χ0v) is 15.0. The van der Waals surface area contributed by atoms with Crippen LogP contribution in [0.2, 0.25) is 0 Å². The van der Waals surface area contributed by atoms with E-state index in [0.717, 1.165) is 25.3 Å². The highest BCUT2D eigenvalue weighted by Crippen LogP contribution is 2.08. The van der Waals surface area contributed by atoms with Crippen LogP contribution in [0.3, 0.4) is 0 Å². The van der Waals surface area contributed by atoms with E-state index < -0.39 is 5.54 Å². The van der Waals surface area contributed by atoms with Crippen LogP contribution >= 0.6 is 11.9 Å². The molecule has 0 aliphatic heterocycles. The molecule has 0 aromatic carbocycles. The molecule has 9 nitrogen and oxygen atoms in total. The minimum absolute atomic E-state index is 0.0842. The predicted octanol–water partition coefficient (Wildman–Crippen LogP) is -0.977. The Morgan fingerprint density at radius 3 is 1.96 bits per heavy atom. The average Bonchev–Trinajstić information content (AvgIpc) is 2.57. The van der Waals surface area contributed by atoms with Crippen molar-refractivity contribution in [2.24, 2.45) is 0 Å². The lowest BCUT2D eigenvalue weighted by Gasteiger charge is -2.31. The van der Waals surface area contributed by atoms with Crippen molar-refractivity contribution in [3.63, 3.8) is 0 Å². The normalized spacial score (nSPS) is 11.1. The van der Waals surface area contributed by atoms with Crippen molar-refractivity contribution >= 4 is 31.4 Å². The Hall–Kier alpha value is -1.36. The molecule has 0 unspecified atom stereocenters. The van der Waals surface area contributed by atoms with Crippen molar-refractivity contribution in [3.8, 4) is 0 Å². The zero-order chi connectivity index (χ0) is 18.1. The highest BCUT2D eigenvalue weighted by atomic mass is 32.2. The SMILES string of the molecule is CN(C)CCCNSCCNC(COC=O)(COC=O)COC=O. The molecule has 0 aromatic heterocycles. The lowest BCUT2D eigenvalue weighted by molar-refractivity contribution is -0.140. The van der Waals surface area contributed by atoms with Gasteiger partial charge in [0, 0.05) is 18.8 Å². The van der Waals surface area contributed by atoms with Crippen molar-refractivity contribution in [2.45, 2.75) is 12.0 Å². The fraction of sp³-hybridized carbons (Fsp3) is 0.786. The molecule has 0 rings (SSSR count). The summed E-state index contributed by atoms with van der Waals surface area (Å²) in [5.41, 5.74) is -0.964. The molecule has 2 N–H and O–H groups in total. The highest BCUT2D eigenvalue weighted by Gasteiger charge is 2.33. The van der Waals surface area contributed by atoms with E-state index in [0.29, 0.717) is 26.0 Å². The summed E-state index contributed by atoms with van der Waals surface area (Å²) in [6.07, 6.45) is 1.05. The number of ether oxygens (including phenoxy) is 3. The van der Waals surface area contributed by atoms with E-state index in [4.69, 9.17) is 14.2 Å². The molecular weight excluding hydrogens is 338 g/mol. The lowest BCUT2D eigenvalue weighted by Crippen LogP contribution is -2.57. The molecule has 0 aliphatic carbocycles. The van der Waals surface area contributed by atoms with Crippen molar-refractivity contribution in [1.29, 1.82) is 0 Å². The van der Waals surface area contributed by atoms with E-state index in [1.54, 1.807) is 11.9 Å². The largest absolute Gasteiger partial charge is 0.466 e. The van der Waals surface area contributed by atoms with Gasteiger partial charge in [0.1, 0.15) is 25.4 Å². The number of nitrogens with zero attached hydrogens (tertiary/aromatic N) is 1. The molecule has 10 heteroatoms. The van der Waals surface area contributed by atoms with Crippen LogP contribution in [0.25, 0.3) is 0 Å². The van der Waals surface area contributed by atoms with Gasteiger partial charge in [0.25, 0.3) is 19.4 Å². The Balaban J connectivity index is 4.18. The third kappa shape index (κ3) is 12.1. The number of rotatable bonds is 18. The molecule has 0 aromatic rings. The van der Waals surface area contributed by atoms with Gasteiger partial charge >= 0.3 is 0 Å². The third-order valence-corrected chi connectivity index (χ3v) is 3.79. The fourth-order valence-corrected chi connectivity index (χ4v) is 2.47. The summed E-state index contributed by atoms with van der Waals surface area (Å²) in [6, 6.07) is 0. The van der Waals surface area contributed by atoms with Gasteiger partial charge in [-0.05, 0) is 27.1 Å². The Labute approximate surface area is 146 Å². The van der Waals surface area contributed by atoms with E-state index in [-0.39, 0.29) is 19.8 Å². The molecule has 0 radical (unpaired) electrons. The van der Waals surface area contributed by atoms with Gasteiger partial charge < -0.3 is 24.4 Å². The van der Waals surface area contributed by atoms with E-state index in [1.165, 1.54) is 0 Å². The predicted molar refractivity (Wildman–Crippen MR) is 90.4 cm³/mol. The standard InChI is InChI=1S/C14H27N3O6S/c1-17(2)6-3-4-16-24-7-5-15-14(8-21-11-18,9-22-12-19)10-23-13-20/h11-13,15-16H,3-10H2,1-2H3. The number of hydrogen-bond donors (Lipinski definition) is 2. The summed E-state index contributed by atoms with van der Waals surface area (Å²) in [7, 11) is 4.06. The van der Waals surface area contributed by atoms with Crippen LogP contribution < -0.4 is 10.0 Å². The molecule has 0 saturated heterocycles. The first kappa shape index (κ1) is 22.6. The minimum Gasteiger partial charge on any atom is -0.466 e. The van der Waals surface area contributed by atoms with Gasteiger partial charge in [-0.1, -0.05) is 11.9 Å². The zero-order valence-electron chi connectivity index (χ0n) is 14.2. The molecule has 0 aliphatic rings. The summed E-state index contributed by atoms with van der Waals surface area (Å²) >= 11 is 1.56. The molecule has 0 spiro atoms. The fourth-order valence-electron chi connectivity index (χ4n) is 1.84. The van der Waals surface area contributed by atoms with Gasteiger partial charge in [0.15, 0.2) is 0 Å². The topological polar surface area (TPSA) is 106 Å². The molecule has 0 atom stereocenters. The van der Waals surface area contributed by atoms with Crippen LogP contribution in [-0.2, 0) is 28.6 Å². The first-order valence-corrected chi connectivity index (χ1v) is 8.49. The summed E-state index contributed by atoms with van der Waals surface area (Å²) < 4.78 is 17.5. The van der Waals surface area contributed by atoms with Crippen molar-refractivity contribution < 1.29 is 28.6 Å². The maximum absolute atomic E-state index is 10.4. The maximum atomic E-state index is 10.4. The summed E-state index contributed by atoms with van der Waals surface area (Å²) in [4.78, 5) is 33.4. The Bertz CT molecular complexity index is 315. The van der Waals surface area contributed by atoms with Crippen molar-refractivity contribution in [2.75, 3.05) is 59.3 Å². The quantitative estimate of drug-likeness (QED) is 0.136. The second kappa shape index (κ2) is 15.2. The van der Waals surface area contributed by atoms with Gasteiger partial charge in [-0.2, -0.15) is 0 Å². The number of nitrogens with one attached hydrogen (secondary N) is 2. The van der Waals surface area contributed by atoms with E-state index in [2.05, 4.69) is 14.9 Å². The molecule has 0 bridgehead atoms. The van der Waals surface area contributed by atoms with Gasteiger partial charge in [-0.25, -0.2) is 0 Å². The Morgan fingerprint density at radius 2 is 1.50 bits per heavy atom. The second-order valence-electron chi connectivity index (χ2n) is 5.33. The maximum Gasteiger partial charge on any atom is 0.293 e. The number of carbonyl (C=O) groups is 3. The van der Waals surface area contributed by atoms with Crippen molar-refractivity contribution in [3.05, 3.63) is 0 Å². The first-order chi connectivity index (χ1) is 11.6. The summed E-state index contributed by atoms with van der Waals surface area (Å²) in [6.45, 7) is 3.07. The van der Waals surface area contributed by atoms with Gasteiger partial charge in [0.05, 0.1) is 0 Å². The second-order valence-corrected chi connectivity index (χ2v) is 6.31. The molecule has 140 valence electrons. The molecular formula is C14H27N3O6S. The summed E-state index contributed by atoms with van der Waals surface area (Å²) in [5.74, 6) is 0.729. The average molecular weight is 365 g/mol. The van der Waals surface area contributed by atoms with Gasteiger partial charge in [-0.3, -0.25) is 19.1 Å². The van der Waals surface area contributed by atoms with Crippen LogP contribution in [0.15, 0.2) is 0 Å². The van der Waals surface area contributed by atoms with Gasteiger partial charge in [0.2, 0.25) is 0 Å². The van der Waals surface area contributed by atoms with Crippen LogP contribution in [-0.4, -0.2) is 89.2 Å². The van der Waals surface area contributed by atoms with Crippen LogP contribution in [0, 0.1) is 0 Å². The summed E-state index contributed by atoms with van der Waals surface area (Å²) in [5, 5.41) is 3.13. The van der Waals surface area contributed by atoms with Crippen LogP contribution in [0.4, 0.5) is 0 Å². The Kier molecular flexibility index (Phi) is 14.3. The molecule has 0 amide bonds. The van der Waals surface area contributed by atoms with Gasteiger partial charge in [-0.15, -0.1) is 0 Å². The Morgan fingerprint density at radius 1 is 0.958 bits per heavy atom. The van der Waals surface area contributed by atoms with E-state index in [9.17, 15) is 14.4 Å². The molecule has 0 fully saturated rings.